The Morgan fingerprint density at radius 2 is 1.97 bits per heavy atom. The fourth-order valence-electron chi connectivity index (χ4n) is 7.75. The van der Waals surface area contributed by atoms with E-state index < -0.39 is 22.3 Å². The summed E-state index contributed by atoms with van der Waals surface area (Å²) in [6.45, 7) is 8.03. The van der Waals surface area contributed by atoms with E-state index in [-0.39, 0.29) is 48.2 Å². The van der Waals surface area contributed by atoms with Crippen LogP contribution in [-0.4, -0.2) is 43.1 Å². The molecule has 3 aliphatic carbocycles. The van der Waals surface area contributed by atoms with E-state index in [4.69, 9.17) is 14.2 Å². The molecule has 5 rings (SSSR count). The van der Waals surface area contributed by atoms with Crippen LogP contribution in [0.15, 0.2) is 23.3 Å². The zero-order chi connectivity index (χ0) is 21.6. The van der Waals surface area contributed by atoms with Crippen LogP contribution >= 0.6 is 0 Å². The minimum Gasteiger partial charge on any atom is -0.469 e. The van der Waals surface area contributed by atoms with Crippen molar-refractivity contribution in [3.8, 4) is 0 Å². The maximum absolute atomic E-state index is 13.5. The summed E-state index contributed by atoms with van der Waals surface area (Å²) in [5, 5.41) is 0. The molecule has 0 unspecified atom stereocenters. The number of ether oxygens (including phenoxy) is 3. The topological polar surface area (TPSA) is 78.9 Å². The molecule has 0 aromatic heterocycles. The first-order chi connectivity index (χ1) is 14.1. The number of allylic oxidation sites excluding steroid dienone is 2. The molecule has 0 bridgehead atoms. The van der Waals surface area contributed by atoms with Gasteiger partial charge in [-0.05, 0) is 50.7 Å². The average Bonchev–Trinajstić information content (AvgIpc) is 3.16. The second-order valence-corrected chi connectivity index (χ2v) is 10.4. The number of rotatable bonds is 2. The van der Waals surface area contributed by atoms with Crippen LogP contribution in [0.3, 0.4) is 0 Å². The van der Waals surface area contributed by atoms with Crippen molar-refractivity contribution in [1.82, 2.24) is 0 Å². The Labute approximate surface area is 177 Å². The van der Waals surface area contributed by atoms with Gasteiger partial charge in [0.25, 0.3) is 0 Å². The molecule has 5 aliphatic rings. The highest BCUT2D eigenvalue weighted by Gasteiger charge is 2.77. The number of hydrogen-bond donors (Lipinski definition) is 0. The van der Waals surface area contributed by atoms with E-state index in [2.05, 4.69) is 13.8 Å². The van der Waals surface area contributed by atoms with E-state index in [1.807, 2.05) is 13.8 Å². The zero-order valence-electron chi connectivity index (χ0n) is 18.3. The maximum Gasteiger partial charge on any atom is 0.316 e. The normalized spacial score (nSPS) is 48.8. The van der Waals surface area contributed by atoms with Gasteiger partial charge in [-0.3, -0.25) is 14.4 Å². The lowest BCUT2D eigenvalue weighted by atomic mass is 9.41. The summed E-state index contributed by atoms with van der Waals surface area (Å²) in [7, 11) is 1.38. The predicted octanol–water partition coefficient (Wildman–Crippen LogP) is 3.15. The highest BCUT2D eigenvalue weighted by molar-refractivity contribution is 6.00. The second kappa shape index (κ2) is 6.06. The molecule has 2 heterocycles. The van der Waals surface area contributed by atoms with E-state index >= 15 is 0 Å². The van der Waals surface area contributed by atoms with E-state index in [9.17, 15) is 14.4 Å². The van der Waals surface area contributed by atoms with Gasteiger partial charge in [0.2, 0.25) is 0 Å². The van der Waals surface area contributed by atoms with E-state index in [1.165, 1.54) is 24.3 Å². The van der Waals surface area contributed by atoms with Crippen molar-refractivity contribution < 1.29 is 28.6 Å². The first kappa shape index (κ1) is 20.0. The van der Waals surface area contributed by atoms with Crippen molar-refractivity contribution in [2.45, 2.75) is 71.7 Å². The molecule has 0 aromatic rings. The summed E-state index contributed by atoms with van der Waals surface area (Å²) in [6, 6.07) is 0. The Morgan fingerprint density at radius 3 is 2.67 bits per heavy atom. The number of esters is 2. The third kappa shape index (κ3) is 2.11. The van der Waals surface area contributed by atoms with Crippen molar-refractivity contribution in [2.24, 2.45) is 28.1 Å². The fourth-order valence-corrected chi connectivity index (χ4v) is 7.75. The Bertz CT molecular complexity index is 917. The number of hydrogen-bond acceptors (Lipinski definition) is 6. The first-order valence-corrected chi connectivity index (χ1v) is 11.0. The lowest BCUT2D eigenvalue weighted by Gasteiger charge is -2.59. The summed E-state index contributed by atoms with van der Waals surface area (Å²) < 4.78 is 17.7. The monoisotopic (exact) mass is 414 g/mol. The van der Waals surface area contributed by atoms with Crippen molar-refractivity contribution in [2.75, 3.05) is 7.11 Å². The Balaban J connectivity index is 1.78. The SMILES string of the molecule is COC(=O)C[C@H]1[C@]2(C)C3=C(C)CCC[C@H]3O[C@@H]2[C@@H]2OC(=O)[C@]3(C)C=CC(=O)[C@@]1(C)[C@@H]23. The van der Waals surface area contributed by atoms with Crippen LogP contribution in [0.1, 0.15) is 53.4 Å². The van der Waals surface area contributed by atoms with Crippen LogP contribution in [0, 0.1) is 28.1 Å². The minimum absolute atomic E-state index is 0.0423. The molecule has 0 spiro atoms. The van der Waals surface area contributed by atoms with Gasteiger partial charge < -0.3 is 14.2 Å². The molecule has 2 saturated heterocycles. The number of carbonyl (C=O) groups is 3. The van der Waals surface area contributed by atoms with Crippen molar-refractivity contribution in [1.29, 1.82) is 0 Å². The quantitative estimate of drug-likeness (QED) is 0.510. The molecule has 0 radical (unpaired) electrons. The van der Waals surface area contributed by atoms with Crippen LogP contribution in [0.25, 0.3) is 0 Å². The number of fused-ring (bicyclic) bond motifs is 4. The number of carbonyl (C=O) groups excluding carboxylic acids is 3. The minimum atomic E-state index is -0.928. The maximum atomic E-state index is 13.5. The van der Waals surface area contributed by atoms with Crippen LogP contribution in [0.5, 0.6) is 0 Å². The van der Waals surface area contributed by atoms with Gasteiger partial charge in [0.05, 0.1) is 25.0 Å². The Kier molecular flexibility index (Phi) is 4.03. The van der Waals surface area contributed by atoms with Crippen molar-refractivity contribution in [3.05, 3.63) is 23.3 Å². The van der Waals surface area contributed by atoms with Gasteiger partial charge in [0.1, 0.15) is 12.2 Å². The predicted molar refractivity (Wildman–Crippen MR) is 107 cm³/mol. The smallest absolute Gasteiger partial charge is 0.316 e. The standard InChI is InChI=1S/C24H30O6/c1-12-7-6-8-13-17(12)24(4)14(11-16(26)28-5)23(3)15(25)9-10-22(2)19(23)18(20(24)29-13)30-21(22)27/h9-10,13-14,18-20H,6-8,11H2,1-5H3/t13-,14-,18-,19+,20-,22-,23+,24-/m1/s1. The van der Waals surface area contributed by atoms with Crippen LogP contribution in [0.2, 0.25) is 0 Å². The number of ketones is 1. The molecule has 6 nitrogen and oxygen atoms in total. The molecular formula is C24H30O6. The van der Waals surface area contributed by atoms with Gasteiger partial charge >= 0.3 is 11.9 Å². The third-order valence-electron chi connectivity index (χ3n) is 9.04. The molecule has 0 N–H and O–H groups in total. The second-order valence-electron chi connectivity index (χ2n) is 10.4. The highest BCUT2D eigenvalue weighted by atomic mass is 16.6. The van der Waals surface area contributed by atoms with Gasteiger partial charge in [0, 0.05) is 16.7 Å². The Hall–Kier alpha value is -1.95. The molecule has 2 aliphatic heterocycles. The summed E-state index contributed by atoms with van der Waals surface area (Å²) in [5.74, 6) is -1.41. The molecule has 0 amide bonds. The molecular weight excluding hydrogens is 384 g/mol. The third-order valence-corrected chi connectivity index (χ3v) is 9.04. The molecule has 6 heteroatoms. The largest absolute Gasteiger partial charge is 0.469 e. The van der Waals surface area contributed by atoms with Crippen LogP contribution in [0.4, 0.5) is 0 Å². The lowest BCUT2D eigenvalue weighted by molar-refractivity contribution is -0.189. The van der Waals surface area contributed by atoms with Crippen LogP contribution < -0.4 is 0 Å². The summed E-state index contributed by atoms with van der Waals surface area (Å²) >= 11 is 0. The van der Waals surface area contributed by atoms with Gasteiger partial charge in [-0.1, -0.05) is 25.5 Å². The van der Waals surface area contributed by atoms with E-state index in [1.54, 1.807) is 6.08 Å². The molecule has 8 atom stereocenters. The molecule has 0 aromatic carbocycles. The summed E-state index contributed by atoms with van der Waals surface area (Å²) in [5.41, 5.74) is 0.0798. The molecule has 1 saturated carbocycles. The lowest BCUT2D eigenvalue weighted by Crippen LogP contribution is -2.66. The molecule has 30 heavy (non-hydrogen) atoms. The van der Waals surface area contributed by atoms with Crippen LogP contribution in [-0.2, 0) is 28.6 Å². The first-order valence-electron chi connectivity index (χ1n) is 11.0. The van der Waals surface area contributed by atoms with Gasteiger partial charge in [-0.15, -0.1) is 0 Å². The number of methoxy groups -OCH3 is 1. The summed E-state index contributed by atoms with van der Waals surface area (Å²) in [4.78, 5) is 39.1. The molecule has 3 fully saturated rings. The average molecular weight is 414 g/mol. The van der Waals surface area contributed by atoms with Gasteiger partial charge in [0.15, 0.2) is 5.78 Å². The Morgan fingerprint density at radius 1 is 1.23 bits per heavy atom. The summed E-state index contributed by atoms with van der Waals surface area (Å²) in [6.07, 6.45) is 5.36. The van der Waals surface area contributed by atoms with E-state index in [0.717, 1.165) is 19.3 Å². The fraction of sp³-hybridized carbons (Fsp3) is 0.708. The highest BCUT2D eigenvalue weighted by Crippen LogP contribution is 2.70. The van der Waals surface area contributed by atoms with Crippen molar-refractivity contribution in [3.63, 3.8) is 0 Å². The van der Waals surface area contributed by atoms with Gasteiger partial charge in [-0.25, -0.2) is 0 Å². The van der Waals surface area contributed by atoms with E-state index in [0.29, 0.717) is 0 Å². The van der Waals surface area contributed by atoms with Gasteiger partial charge in [-0.2, -0.15) is 0 Å². The zero-order valence-corrected chi connectivity index (χ0v) is 18.3. The van der Waals surface area contributed by atoms with Crippen molar-refractivity contribution >= 4 is 17.7 Å². The molecule has 162 valence electrons.